The molecule has 0 N–H and O–H groups in total. The number of hydrogen-bond acceptors (Lipinski definition) is 3. The largest absolute Gasteiger partial charge is 0.339 e. The van der Waals surface area contributed by atoms with Crippen molar-refractivity contribution in [2.45, 2.75) is 45.6 Å². The van der Waals surface area contributed by atoms with Crippen LogP contribution in [0.25, 0.3) is 16.2 Å². The zero-order valence-electron chi connectivity index (χ0n) is 15.4. The third-order valence-corrected chi connectivity index (χ3v) is 5.83. The maximum atomic E-state index is 12.9. The lowest BCUT2D eigenvalue weighted by molar-refractivity contribution is -0.131. The molecule has 0 atom stereocenters. The van der Waals surface area contributed by atoms with Gasteiger partial charge in [-0.05, 0) is 25.2 Å². The van der Waals surface area contributed by atoms with Gasteiger partial charge in [-0.3, -0.25) is 9.20 Å². The van der Waals surface area contributed by atoms with Crippen LogP contribution in [0.2, 0.25) is 0 Å². The van der Waals surface area contributed by atoms with E-state index in [1.54, 1.807) is 11.3 Å². The van der Waals surface area contributed by atoms with Crippen molar-refractivity contribution in [3.8, 4) is 11.3 Å². The van der Waals surface area contributed by atoms with E-state index in [0.717, 1.165) is 47.7 Å². The molecular formula is C21H25N3OS. The normalized spacial score (nSPS) is 14.3. The molecule has 1 saturated carbocycles. The van der Waals surface area contributed by atoms with E-state index in [1.807, 2.05) is 18.2 Å². The van der Waals surface area contributed by atoms with Crippen molar-refractivity contribution >= 4 is 22.2 Å². The first-order chi connectivity index (χ1) is 12.6. The van der Waals surface area contributed by atoms with E-state index >= 15 is 0 Å². The molecule has 2 aromatic heterocycles. The van der Waals surface area contributed by atoms with E-state index < -0.39 is 0 Å². The molecule has 26 heavy (non-hydrogen) atoms. The van der Waals surface area contributed by atoms with Gasteiger partial charge >= 0.3 is 0 Å². The number of imidazole rings is 1. The third-order valence-electron chi connectivity index (χ3n) is 4.94. The van der Waals surface area contributed by atoms with E-state index in [4.69, 9.17) is 4.98 Å². The Morgan fingerprint density at radius 3 is 2.77 bits per heavy atom. The van der Waals surface area contributed by atoms with Crippen LogP contribution in [-0.2, 0) is 11.2 Å². The van der Waals surface area contributed by atoms with Gasteiger partial charge in [0.2, 0.25) is 5.91 Å². The second-order valence-electron chi connectivity index (χ2n) is 7.55. The van der Waals surface area contributed by atoms with Crippen molar-refractivity contribution in [2.24, 2.45) is 5.92 Å². The van der Waals surface area contributed by atoms with Crippen LogP contribution < -0.4 is 0 Å². The molecule has 4 nitrogen and oxygen atoms in total. The highest BCUT2D eigenvalue weighted by Crippen LogP contribution is 2.29. The second kappa shape index (κ2) is 7.23. The Morgan fingerprint density at radius 2 is 2.08 bits per heavy atom. The number of fused-ring (bicyclic) bond motifs is 1. The van der Waals surface area contributed by atoms with Gasteiger partial charge in [0.25, 0.3) is 0 Å². The highest BCUT2D eigenvalue weighted by atomic mass is 32.1. The van der Waals surface area contributed by atoms with Crippen LogP contribution in [0.4, 0.5) is 0 Å². The molecule has 136 valence electrons. The standard InChI is InChI=1S/C21H25N3OS/c1-15(2)10-11-23(17-8-9-17)20(25)12-18-14-26-21-22-19(13-24(18)21)16-6-4-3-5-7-16/h3-7,13-15,17H,8-12H2,1-2H3. The van der Waals surface area contributed by atoms with Crippen molar-refractivity contribution in [3.05, 3.63) is 47.6 Å². The SMILES string of the molecule is CC(C)CCN(C(=O)Cc1csc2nc(-c3ccccc3)cn12)C1CC1. The molecule has 0 bridgehead atoms. The lowest BCUT2D eigenvalue weighted by Crippen LogP contribution is -2.35. The molecule has 1 aromatic carbocycles. The van der Waals surface area contributed by atoms with Crippen molar-refractivity contribution < 1.29 is 4.79 Å². The Morgan fingerprint density at radius 1 is 1.31 bits per heavy atom. The molecule has 1 aliphatic rings. The van der Waals surface area contributed by atoms with Gasteiger partial charge < -0.3 is 4.90 Å². The highest BCUT2D eigenvalue weighted by molar-refractivity contribution is 7.15. The van der Waals surface area contributed by atoms with Crippen molar-refractivity contribution in [3.63, 3.8) is 0 Å². The minimum Gasteiger partial charge on any atom is -0.339 e. The minimum absolute atomic E-state index is 0.253. The van der Waals surface area contributed by atoms with E-state index in [-0.39, 0.29) is 5.91 Å². The molecule has 0 aliphatic heterocycles. The molecule has 5 heteroatoms. The Bertz CT molecular complexity index is 893. The number of thiazole rings is 1. The second-order valence-corrected chi connectivity index (χ2v) is 8.39. The van der Waals surface area contributed by atoms with Gasteiger partial charge in [0.15, 0.2) is 4.96 Å². The summed E-state index contributed by atoms with van der Waals surface area (Å²) in [6.07, 6.45) is 5.90. The Balaban J connectivity index is 1.53. The molecule has 0 spiro atoms. The predicted octanol–water partition coefficient (Wildman–Crippen LogP) is 4.64. The fourth-order valence-corrected chi connectivity index (χ4v) is 4.13. The number of carbonyl (C=O) groups excluding carboxylic acids is 1. The van der Waals surface area contributed by atoms with Crippen LogP contribution in [0.15, 0.2) is 41.9 Å². The summed E-state index contributed by atoms with van der Waals surface area (Å²) in [5.41, 5.74) is 3.11. The fourth-order valence-electron chi connectivity index (χ4n) is 3.26. The van der Waals surface area contributed by atoms with Crippen LogP contribution in [0.5, 0.6) is 0 Å². The van der Waals surface area contributed by atoms with Crippen LogP contribution in [0, 0.1) is 5.92 Å². The molecule has 4 rings (SSSR count). The monoisotopic (exact) mass is 367 g/mol. The molecule has 0 radical (unpaired) electrons. The first-order valence-corrected chi connectivity index (χ1v) is 10.3. The number of rotatable bonds is 7. The smallest absolute Gasteiger partial charge is 0.228 e. The topological polar surface area (TPSA) is 37.6 Å². The molecular weight excluding hydrogens is 342 g/mol. The maximum absolute atomic E-state index is 12.9. The van der Waals surface area contributed by atoms with Gasteiger partial charge in [-0.15, -0.1) is 11.3 Å². The first kappa shape index (κ1) is 17.3. The van der Waals surface area contributed by atoms with Crippen molar-refractivity contribution in [1.29, 1.82) is 0 Å². The van der Waals surface area contributed by atoms with Crippen LogP contribution in [0.3, 0.4) is 0 Å². The summed E-state index contributed by atoms with van der Waals surface area (Å²) in [4.78, 5) is 20.7. The summed E-state index contributed by atoms with van der Waals surface area (Å²) in [6, 6.07) is 10.7. The summed E-state index contributed by atoms with van der Waals surface area (Å²) >= 11 is 1.61. The quantitative estimate of drug-likeness (QED) is 0.610. The number of aromatic nitrogens is 2. The highest BCUT2D eigenvalue weighted by Gasteiger charge is 2.32. The summed E-state index contributed by atoms with van der Waals surface area (Å²) in [6.45, 7) is 5.32. The number of benzene rings is 1. The first-order valence-electron chi connectivity index (χ1n) is 9.42. The van der Waals surface area contributed by atoms with Gasteiger partial charge in [-0.2, -0.15) is 0 Å². The van der Waals surface area contributed by atoms with Gasteiger partial charge in [-0.25, -0.2) is 4.98 Å². The average Bonchev–Trinajstić information content (AvgIpc) is 3.26. The summed E-state index contributed by atoms with van der Waals surface area (Å²) < 4.78 is 2.08. The lowest BCUT2D eigenvalue weighted by Gasteiger charge is -2.23. The predicted molar refractivity (Wildman–Crippen MR) is 106 cm³/mol. The number of hydrogen-bond donors (Lipinski definition) is 0. The van der Waals surface area contributed by atoms with E-state index in [1.165, 1.54) is 0 Å². The third kappa shape index (κ3) is 3.68. The lowest BCUT2D eigenvalue weighted by atomic mass is 10.1. The zero-order chi connectivity index (χ0) is 18.1. The van der Waals surface area contributed by atoms with Crippen molar-refractivity contribution in [1.82, 2.24) is 14.3 Å². The molecule has 1 aliphatic carbocycles. The van der Waals surface area contributed by atoms with Gasteiger partial charge in [0.05, 0.1) is 12.1 Å². The Kier molecular flexibility index (Phi) is 4.81. The minimum atomic E-state index is 0.253. The van der Waals surface area contributed by atoms with Crippen LogP contribution >= 0.6 is 11.3 Å². The Labute approximate surface area is 158 Å². The van der Waals surface area contributed by atoms with Crippen molar-refractivity contribution in [2.75, 3.05) is 6.54 Å². The molecule has 0 saturated heterocycles. The molecule has 1 amide bonds. The van der Waals surface area contributed by atoms with E-state index in [2.05, 4.69) is 46.9 Å². The molecule has 0 unspecified atom stereocenters. The summed E-state index contributed by atoms with van der Waals surface area (Å²) in [5, 5.41) is 2.07. The van der Waals surface area contributed by atoms with Crippen LogP contribution in [-0.4, -0.2) is 32.8 Å². The van der Waals surface area contributed by atoms with Crippen LogP contribution in [0.1, 0.15) is 38.8 Å². The fraction of sp³-hybridized carbons (Fsp3) is 0.429. The summed E-state index contributed by atoms with van der Waals surface area (Å²) in [7, 11) is 0. The average molecular weight is 368 g/mol. The molecule has 1 fully saturated rings. The molecule has 3 aromatic rings. The zero-order valence-corrected chi connectivity index (χ0v) is 16.2. The van der Waals surface area contributed by atoms with E-state index in [9.17, 15) is 4.79 Å². The van der Waals surface area contributed by atoms with E-state index in [0.29, 0.717) is 18.4 Å². The van der Waals surface area contributed by atoms with Gasteiger partial charge in [-0.1, -0.05) is 44.2 Å². The number of nitrogens with zero attached hydrogens (tertiary/aromatic N) is 3. The van der Waals surface area contributed by atoms with Gasteiger partial charge in [0.1, 0.15) is 0 Å². The molecule has 2 heterocycles. The number of carbonyl (C=O) groups is 1. The van der Waals surface area contributed by atoms with Gasteiger partial charge in [0, 0.05) is 35.4 Å². The maximum Gasteiger partial charge on any atom is 0.228 e. The number of amides is 1. The Hall–Kier alpha value is -2.14. The summed E-state index contributed by atoms with van der Waals surface area (Å²) in [5.74, 6) is 0.877.